The minimum atomic E-state index is -0.490. The number of primary amides is 1. The van der Waals surface area contributed by atoms with Gasteiger partial charge in [0.15, 0.2) is 0 Å². The summed E-state index contributed by atoms with van der Waals surface area (Å²) < 4.78 is 0. The average molecular weight is 283 g/mol. The summed E-state index contributed by atoms with van der Waals surface area (Å²) in [6.45, 7) is 1.75. The molecule has 108 valence electrons. The summed E-state index contributed by atoms with van der Waals surface area (Å²) in [5, 5.41) is 0. The van der Waals surface area contributed by atoms with E-state index in [0.29, 0.717) is 5.69 Å². The molecule has 0 saturated carbocycles. The number of carbonyl (C=O) groups is 1. The van der Waals surface area contributed by atoms with Crippen LogP contribution in [0.15, 0.2) is 36.7 Å². The summed E-state index contributed by atoms with van der Waals surface area (Å²) >= 11 is 0. The maximum Gasteiger partial charge on any atom is 0.267 e. The van der Waals surface area contributed by atoms with E-state index in [0.717, 1.165) is 37.6 Å². The highest BCUT2D eigenvalue weighted by Gasteiger charge is 2.24. The number of pyridine rings is 1. The van der Waals surface area contributed by atoms with Gasteiger partial charge in [0, 0.05) is 37.1 Å². The Labute approximate surface area is 123 Å². The molecule has 1 atom stereocenters. The first kappa shape index (κ1) is 13.5. The molecule has 2 aromatic heterocycles. The quantitative estimate of drug-likeness (QED) is 0.919. The number of amides is 1. The van der Waals surface area contributed by atoms with E-state index in [-0.39, 0.29) is 5.92 Å². The number of aromatic nitrogens is 3. The lowest BCUT2D eigenvalue weighted by Crippen LogP contribution is -2.36. The van der Waals surface area contributed by atoms with Gasteiger partial charge in [-0.05, 0) is 31.0 Å². The molecule has 0 aliphatic carbocycles. The number of hydrogen-bond donors (Lipinski definition) is 1. The number of carbonyl (C=O) groups excluding carboxylic acids is 1. The molecule has 6 nitrogen and oxygen atoms in total. The molecule has 2 N–H and O–H groups in total. The zero-order chi connectivity index (χ0) is 14.7. The van der Waals surface area contributed by atoms with Gasteiger partial charge < -0.3 is 10.6 Å². The molecule has 6 heteroatoms. The van der Waals surface area contributed by atoms with E-state index >= 15 is 0 Å². The third-order valence-corrected chi connectivity index (χ3v) is 3.70. The van der Waals surface area contributed by atoms with Gasteiger partial charge in [-0.25, -0.2) is 15.0 Å². The molecule has 1 aliphatic heterocycles. The van der Waals surface area contributed by atoms with Crippen LogP contribution in [0.5, 0.6) is 0 Å². The Morgan fingerprint density at radius 3 is 2.81 bits per heavy atom. The number of hydrogen-bond acceptors (Lipinski definition) is 5. The van der Waals surface area contributed by atoms with E-state index in [9.17, 15) is 4.79 Å². The van der Waals surface area contributed by atoms with Crippen molar-refractivity contribution < 1.29 is 4.79 Å². The van der Waals surface area contributed by atoms with Crippen LogP contribution in [-0.2, 0) is 0 Å². The molecule has 0 unspecified atom stereocenters. The summed E-state index contributed by atoms with van der Waals surface area (Å²) in [4.78, 5) is 26.4. The number of anilines is 1. The number of nitrogens with two attached hydrogens (primary N) is 1. The zero-order valence-corrected chi connectivity index (χ0v) is 11.6. The Hall–Kier alpha value is -2.50. The second kappa shape index (κ2) is 5.87. The molecule has 3 heterocycles. The highest BCUT2D eigenvalue weighted by Crippen LogP contribution is 2.27. The lowest BCUT2D eigenvalue weighted by atomic mass is 9.94. The topological polar surface area (TPSA) is 85.0 Å². The van der Waals surface area contributed by atoms with Gasteiger partial charge in [-0.3, -0.25) is 4.79 Å². The third kappa shape index (κ3) is 2.99. The highest BCUT2D eigenvalue weighted by atomic mass is 16.1. The molecule has 0 bridgehead atoms. The molecule has 0 spiro atoms. The van der Waals surface area contributed by atoms with Gasteiger partial charge in [0.05, 0.1) is 0 Å². The van der Waals surface area contributed by atoms with Gasteiger partial charge in [0.2, 0.25) is 5.95 Å². The predicted octanol–water partition coefficient (Wildman–Crippen LogP) is 1.35. The van der Waals surface area contributed by atoms with E-state index in [1.807, 2.05) is 18.2 Å². The molecule has 3 rings (SSSR count). The molecular formula is C15H17N5O. The van der Waals surface area contributed by atoms with Crippen molar-refractivity contribution in [2.24, 2.45) is 5.73 Å². The Morgan fingerprint density at radius 1 is 1.24 bits per heavy atom. The van der Waals surface area contributed by atoms with Crippen LogP contribution in [0.25, 0.3) is 0 Å². The lowest BCUT2D eigenvalue weighted by Gasteiger charge is -2.32. The van der Waals surface area contributed by atoms with Crippen LogP contribution in [0.4, 0.5) is 5.95 Å². The van der Waals surface area contributed by atoms with Crippen LogP contribution in [0.1, 0.15) is 34.9 Å². The molecule has 2 aromatic rings. The van der Waals surface area contributed by atoms with Gasteiger partial charge >= 0.3 is 0 Å². The fraction of sp³-hybridized carbons (Fsp3) is 0.333. The Morgan fingerprint density at radius 2 is 2.05 bits per heavy atom. The van der Waals surface area contributed by atoms with Crippen molar-refractivity contribution in [3.63, 3.8) is 0 Å². The van der Waals surface area contributed by atoms with E-state index in [2.05, 4.69) is 19.9 Å². The summed E-state index contributed by atoms with van der Waals surface area (Å²) in [5.74, 6) is 0.519. The van der Waals surface area contributed by atoms with Crippen LogP contribution in [0.2, 0.25) is 0 Å². The second-order valence-electron chi connectivity index (χ2n) is 5.15. The zero-order valence-electron chi connectivity index (χ0n) is 11.6. The fourth-order valence-corrected chi connectivity index (χ4v) is 2.67. The average Bonchev–Trinajstić information content (AvgIpc) is 2.56. The second-order valence-corrected chi connectivity index (χ2v) is 5.15. The molecule has 1 amide bonds. The van der Waals surface area contributed by atoms with Crippen LogP contribution in [0, 0.1) is 0 Å². The van der Waals surface area contributed by atoms with Crippen molar-refractivity contribution in [3.05, 3.63) is 48.0 Å². The first-order valence-electron chi connectivity index (χ1n) is 7.03. The van der Waals surface area contributed by atoms with Gasteiger partial charge in [-0.1, -0.05) is 6.07 Å². The van der Waals surface area contributed by atoms with Gasteiger partial charge in [-0.15, -0.1) is 0 Å². The van der Waals surface area contributed by atoms with Gasteiger partial charge in [0.25, 0.3) is 5.91 Å². The van der Waals surface area contributed by atoms with Crippen molar-refractivity contribution in [1.82, 2.24) is 15.0 Å². The predicted molar refractivity (Wildman–Crippen MR) is 79.0 cm³/mol. The molecule has 1 saturated heterocycles. The molecule has 0 aromatic carbocycles. The van der Waals surface area contributed by atoms with Crippen LogP contribution in [-0.4, -0.2) is 33.9 Å². The Balaban J connectivity index is 1.80. The maximum absolute atomic E-state index is 11.3. The lowest BCUT2D eigenvalue weighted by molar-refractivity contribution is 0.0995. The first-order valence-corrected chi connectivity index (χ1v) is 7.03. The SMILES string of the molecule is NC(=O)c1cccc([C@H]2CCCN(c3ncccn3)C2)n1. The fourth-order valence-electron chi connectivity index (χ4n) is 2.67. The number of nitrogens with zero attached hydrogens (tertiary/aromatic N) is 4. The van der Waals surface area contributed by atoms with Crippen LogP contribution in [0.3, 0.4) is 0 Å². The van der Waals surface area contributed by atoms with Crippen molar-refractivity contribution in [1.29, 1.82) is 0 Å². The first-order chi connectivity index (χ1) is 10.2. The Bertz CT molecular complexity index is 631. The smallest absolute Gasteiger partial charge is 0.267 e. The highest BCUT2D eigenvalue weighted by molar-refractivity contribution is 5.90. The van der Waals surface area contributed by atoms with Crippen LogP contribution < -0.4 is 10.6 Å². The van der Waals surface area contributed by atoms with Crippen LogP contribution >= 0.6 is 0 Å². The number of rotatable bonds is 3. The van der Waals surface area contributed by atoms with E-state index in [1.54, 1.807) is 18.5 Å². The van der Waals surface area contributed by atoms with Crippen molar-refractivity contribution in [2.45, 2.75) is 18.8 Å². The van der Waals surface area contributed by atoms with E-state index in [4.69, 9.17) is 5.73 Å². The summed E-state index contributed by atoms with van der Waals surface area (Å²) in [5.41, 5.74) is 6.53. The van der Waals surface area contributed by atoms with Crippen molar-refractivity contribution >= 4 is 11.9 Å². The monoisotopic (exact) mass is 283 g/mol. The largest absolute Gasteiger partial charge is 0.364 e. The molecular weight excluding hydrogens is 266 g/mol. The Kier molecular flexibility index (Phi) is 3.77. The van der Waals surface area contributed by atoms with Gasteiger partial charge in [0.1, 0.15) is 5.69 Å². The molecule has 0 radical (unpaired) electrons. The van der Waals surface area contributed by atoms with Crippen molar-refractivity contribution in [2.75, 3.05) is 18.0 Å². The molecule has 1 fully saturated rings. The van der Waals surface area contributed by atoms with Crippen molar-refractivity contribution in [3.8, 4) is 0 Å². The van der Waals surface area contributed by atoms with Gasteiger partial charge in [-0.2, -0.15) is 0 Å². The van der Waals surface area contributed by atoms with E-state index in [1.165, 1.54) is 0 Å². The normalized spacial score (nSPS) is 18.5. The standard InChI is InChI=1S/C15H17N5O/c16-14(21)13-6-1-5-12(19-13)11-4-2-9-20(10-11)15-17-7-3-8-18-15/h1,3,5-8,11H,2,4,9-10H2,(H2,16,21)/t11-/m0/s1. The maximum atomic E-state index is 11.3. The molecule has 21 heavy (non-hydrogen) atoms. The number of piperidine rings is 1. The van der Waals surface area contributed by atoms with E-state index < -0.39 is 5.91 Å². The summed E-state index contributed by atoms with van der Waals surface area (Å²) in [6.07, 6.45) is 5.58. The summed E-state index contributed by atoms with van der Waals surface area (Å²) in [7, 11) is 0. The third-order valence-electron chi connectivity index (χ3n) is 3.70. The minimum absolute atomic E-state index is 0.266. The minimum Gasteiger partial charge on any atom is -0.364 e. The molecule has 1 aliphatic rings. The summed E-state index contributed by atoms with van der Waals surface area (Å²) in [6, 6.07) is 7.24.